The Bertz CT molecular complexity index is 1520. The van der Waals surface area contributed by atoms with Gasteiger partial charge in [-0.3, -0.25) is 14.7 Å². The second-order valence-electron chi connectivity index (χ2n) is 12.4. The summed E-state index contributed by atoms with van der Waals surface area (Å²) < 4.78 is 5.46. The number of anilines is 1. The average molecular weight is 579 g/mol. The van der Waals surface area contributed by atoms with Crippen molar-refractivity contribution in [2.75, 3.05) is 31.6 Å². The topological polar surface area (TPSA) is 83.6 Å². The molecule has 43 heavy (non-hydrogen) atoms. The quantitative estimate of drug-likeness (QED) is 0.278. The van der Waals surface area contributed by atoms with Crippen LogP contribution in [0.1, 0.15) is 45.2 Å². The van der Waals surface area contributed by atoms with Crippen LogP contribution in [0.15, 0.2) is 78.5 Å². The molecule has 6 rings (SSSR count). The van der Waals surface area contributed by atoms with Gasteiger partial charge in [0.1, 0.15) is 5.78 Å². The van der Waals surface area contributed by atoms with Crippen LogP contribution in [0.5, 0.6) is 0 Å². The molecule has 2 aliphatic carbocycles. The van der Waals surface area contributed by atoms with E-state index in [0.29, 0.717) is 24.0 Å². The maximum atomic E-state index is 13.1. The minimum Gasteiger partial charge on any atom is -0.379 e. The molecule has 7 nitrogen and oxygen atoms in total. The summed E-state index contributed by atoms with van der Waals surface area (Å²) in [5.74, 6) is 1.13. The largest absolute Gasteiger partial charge is 0.379 e. The Labute approximate surface area is 254 Å². The number of carbonyl (C=O) groups excluding carboxylic acids is 2. The lowest BCUT2D eigenvalue weighted by atomic mass is 9.83. The first-order valence-electron chi connectivity index (χ1n) is 15.7. The van der Waals surface area contributed by atoms with Crippen LogP contribution in [-0.4, -0.2) is 54.0 Å². The molecule has 1 aromatic heterocycles. The second kappa shape index (κ2) is 13.2. The number of Topliss-reactive ketones (excluding diaryl/α,β-unsaturated/α-hetero) is 1. The second-order valence-corrected chi connectivity index (χ2v) is 12.4. The van der Waals surface area contributed by atoms with Crippen molar-refractivity contribution in [2.24, 2.45) is 17.8 Å². The third-order valence-electron chi connectivity index (χ3n) is 9.03. The summed E-state index contributed by atoms with van der Waals surface area (Å²) in [6.07, 6.45) is 11.9. The molecule has 2 heterocycles. The Balaban J connectivity index is 1.09. The van der Waals surface area contributed by atoms with Gasteiger partial charge >= 0.3 is 6.03 Å². The van der Waals surface area contributed by atoms with Gasteiger partial charge in [0, 0.05) is 61.1 Å². The zero-order chi connectivity index (χ0) is 29.8. The molecule has 1 saturated carbocycles. The molecular formula is C36H42N4O3. The highest BCUT2D eigenvalue weighted by molar-refractivity contribution is 6.07. The van der Waals surface area contributed by atoms with Crippen molar-refractivity contribution in [3.63, 3.8) is 0 Å². The molecule has 3 unspecified atom stereocenters. The third-order valence-corrected chi connectivity index (χ3v) is 9.03. The Kier molecular flexibility index (Phi) is 9.00. The van der Waals surface area contributed by atoms with E-state index in [1.807, 2.05) is 38.2 Å². The predicted molar refractivity (Wildman–Crippen MR) is 172 cm³/mol. The molecule has 2 N–H and O–H groups in total. The number of pyridine rings is 1. The fourth-order valence-corrected chi connectivity index (χ4v) is 6.39. The van der Waals surface area contributed by atoms with Crippen LogP contribution in [-0.2, 0) is 16.1 Å². The highest BCUT2D eigenvalue weighted by Gasteiger charge is 2.43. The van der Waals surface area contributed by atoms with E-state index < -0.39 is 0 Å². The van der Waals surface area contributed by atoms with Gasteiger partial charge in [0.05, 0.1) is 24.6 Å². The van der Waals surface area contributed by atoms with Crippen LogP contribution in [0, 0.1) is 17.8 Å². The highest BCUT2D eigenvalue weighted by atomic mass is 16.5. The number of benzene rings is 2. The lowest BCUT2D eigenvalue weighted by molar-refractivity contribution is -0.122. The van der Waals surface area contributed by atoms with Gasteiger partial charge in [-0.1, -0.05) is 74.0 Å². The van der Waals surface area contributed by atoms with Gasteiger partial charge < -0.3 is 15.4 Å². The van der Waals surface area contributed by atoms with E-state index in [9.17, 15) is 9.59 Å². The van der Waals surface area contributed by atoms with Crippen molar-refractivity contribution in [2.45, 2.75) is 52.1 Å². The number of nitrogens with zero attached hydrogens (tertiary/aromatic N) is 2. The molecule has 2 fully saturated rings. The highest BCUT2D eigenvalue weighted by Crippen LogP contribution is 2.44. The minimum absolute atomic E-state index is 0.0820. The van der Waals surface area contributed by atoms with Crippen LogP contribution in [0.25, 0.3) is 21.9 Å². The van der Waals surface area contributed by atoms with Crippen molar-refractivity contribution in [1.82, 2.24) is 15.2 Å². The molecule has 0 radical (unpaired) electrons. The standard InChI is InChI=1S/C36H42N4O3/c1-24(2)35(41)16-12-25-7-3-4-8-28(25)32-21-34(32)39-36(42)38-33-15-14-29(30-9-5-6-10-31(30)33)26-11-13-27(37-22-26)23-40-17-19-43-20-18-40/h3-6,8-11,13-15,22,24-25,32,34H,7,12,16-21,23H2,1-2H3,(H2,38,39,42). The molecular weight excluding hydrogens is 536 g/mol. The van der Waals surface area contributed by atoms with E-state index >= 15 is 0 Å². The van der Waals surface area contributed by atoms with Crippen molar-refractivity contribution in [3.8, 4) is 11.1 Å². The zero-order valence-electron chi connectivity index (χ0n) is 25.2. The molecule has 0 bridgehead atoms. The Morgan fingerprint density at radius 3 is 2.63 bits per heavy atom. The summed E-state index contributed by atoms with van der Waals surface area (Å²) in [6, 6.07) is 16.4. The SMILES string of the molecule is CC(C)C(=O)CCC1CC=CC=C1C1CC1NC(=O)Nc1ccc(-c2ccc(CN3CCOCC3)nc2)c2ccccc12. The van der Waals surface area contributed by atoms with Crippen molar-refractivity contribution in [1.29, 1.82) is 0 Å². The first kappa shape index (κ1) is 29.3. The number of morpholine rings is 1. The van der Waals surface area contributed by atoms with Crippen molar-refractivity contribution in [3.05, 3.63) is 84.2 Å². The van der Waals surface area contributed by atoms with Crippen LogP contribution in [0.2, 0.25) is 0 Å². The van der Waals surface area contributed by atoms with E-state index in [4.69, 9.17) is 9.72 Å². The Morgan fingerprint density at radius 1 is 1.05 bits per heavy atom. The predicted octanol–water partition coefficient (Wildman–Crippen LogP) is 6.75. The average Bonchev–Trinajstić information content (AvgIpc) is 3.79. The zero-order valence-corrected chi connectivity index (χ0v) is 25.2. The third kappa shape index (κ3) is 7.06. The van der Waals surface area contributed by atoms with Gasteiger partial charge in [-0.15, -0.1) is 0 Å². The number of ketones is 1. The monoisotopic (exact) mass is 578 g/mol. The van der Waals surface area contributed by atoms with Crippen LogP contribution < -0.4 is 10.6 Å². The van der Waals surface area contributed by atoms with Crippen molar-refractivity contribution < 1.29 is 14.3 Å². The fraction of sp³-hybridized carbons (Fsp3) is 0.417. The summed E-state index contributed by atoms with van der Waals surface area (Å²) in [4.78, 5) is 32.5. The molecule has 2 aromatic carbocycles. The lowest BCUT2D eigenvalue weighted by Crippen LogP contribution is -2.35. The van der Waals surface area contributed by atoms with E-state index in [1.54, 1.807) is 0 Å². The number of ether oxygens (including phenoxy) is 1. The maximum Gasteiger partial charge on any atom is 0.319 e. The van der Waals surface area contributed by atoms with Crippen molar-refractivity contribution >= 4 is 28.3 Å². The van der Waals surface area contributed by atoms with Gasteiger partial charge in [-0.2, -0.15) is 0 Å². The molecule has 0 spiro atoms. The molecule has 3 aliphatic rings. The number of allylic oxidation sites excluding steroid dienone is 3. The number of amides is 2. The summed E-state index contributed by atoms with van der Waals surface area (Å²) >= 11 is 0. The van der Waals surface area contributed by atoms with E-state index in [-0.39, 0.29) is 18.0 Å². The number of hydrogen-bond donors (Lipinski definition) is 2. The molecule has 1 aliphatic heterocycles. The lowest BCUT2D eigenvalue weighted by Gasteiger charge is -2.26. The summed E-state index contributed by atoms with van der Waals surface area (Å²) in [6.45, 7) is 8.21. The Hall–Kier alpha value is -3.81. The van der Waals surface area contributed by atoms with Gasteiger partial charge in [-0.25, -0.2) is 4.79 Å². The van der Waals surface area contributed by atoms with Gasteiger partial charge in [0.25, 0.3) is 0 Å². The number of aromatic nitrogens is 1. The maximum absolute atomic E-state index is 13.1. The van der Waals surface area contributed by atoms with Gasteiger partial charge in [0.15, 0.2) is 0 Å². The van der Waals surface area contributed by atoms with E-state index in [2.05, 4.69) is 64.1 Å². The van der Waals surface area contributed by atoms with Crippen LogP contribution >= 0.6 is 0 Å². The smallest absolute Gasteiger partial charge is 0.319 e. The number of nitrogens with one attached hydrogen (secondary N) is 2. The summed E-state index contributed by atoms with van der Waals surface area (Å²) in [5, 5.41) is 8.39. The van der Waals surface area contributed by atoms with Crippen LogP contribution in [0.4, 0.5) is 10.5 Å². The Morgan fingerprint density at radius 2 is 1.86 bits per heavy atom. The number of rotatable bonds is 10. The number of carbonyl (C=O) groups is 2. The molecule has 3 atom stereocenters. The summed E-state index contributed by atoms with van der Waals surface area (Å²) in [5.41, 5.74) is 5.37. The fourth-order valence-electron chi connectivity index (χ4n) is 6.39. The number of hydrogen-bond acceptors (Lipinski definition) is 5. The molecule has 7 heteroatoms. The van der Waals surface area contributed by atoms with E-state index in [1.165, 1.54) is 5.57 Å². The van der Waals surface area contributed by atoms with Crippen LogP contribution in [0.3, 0.4) is 0 Å². The number of urea groups is 1. The normalized spacial score (nSPS) is 21.9. The van der Waals surface area contributed by atoms with Gasteiger partial charge in [0.2, 0.25) is 0 Å². The molecule has 2 amide bonds. The number of fused-ring (bicyclic) bond motifs is 1. The first-order chi connectivity index (χ1) is 21.0. The first-order valence-corrected chi connectivity index (χ1v) is 15.7. The molecule has 1 saturated heterocycles. The van der Waals surface area contributed by atoms with Gasteiger partial charge in [-0.05, 0) is 48.3 Å². The minimum atomic E-state index is -0.182. The summed E-state index contributed by atoms with van der Waals surface area (Å²) in [7, 11) is 0. The van der Waals surface area contributed by atoms with E-state index in [0.717, 1.165) is 85.4 Å². The molecule has 224 valence electrons. The molecule has 3 aromatic rings.